The van der Waals surface area contributed by atoms with Crippen molar-refractivity contribution in [3.05, 3.63) is 28.2 Å². The molecule has 1 rings (SSSR count). The first-order valence-corrected chi connectivity index (χ1v) is 3.98. The summed E-state index contributed by atoms with van der Waals surface area (Å²) in [4.78, 5) is 10.5. The van der Waals surface area contributed by atoms with Gasteiger partial charge in [-0.3, -0.25) is 4.79 Å². The van der Waals surface area contributed by atoms with Crippen LogP contribution in [0.4, 0.5) is 0 Å². The first-order chi connectivity index (χ1) is 5.59. The number of esters is 1. The van der Waals surface area contributed by atoms with Crippen LogP contribution in [0.5, 0.6) is 5.75 Å². The monoisotopic (exact) mass is 230 g/mol. The van der Waals surface area contributed by atoms with Gasteiger partial charge in [-0.05, 0) is 18.2 Å². The van der Waals surface area contributed by atoms with Gasteiger partial charge in [0.05, 0.1) is 5.02 Å². The van der Waals surface area contributed by atoms with E-state index in [1.165, 1.54) is 13.0 Å². The van der Waals surface area contributed by atoms with Crippen molar-refractivity contribution >= 4 is 52.2 Å². The summed E-state index contributed by atoms with van der Waals surface area (Å²) in [6, 6.07) is 4.67. The molecule has 0 aliphatic carbocycles. The van der Waals surface area contributed by atoms with Gasteiger partial charge in [0.25, 0.3) is 0 Å². The van der Waals surface area contributed by atoms with Gasteiger partial charge in [0.1, 0.15) is 5.75 Å². The van der Waals surface area contributed by atoms with Crippen molar-refractivity contribution in [1.82, 2.24) is 0 Å². The van der Waals surface area contributed by atoms with Crippen LogP contribution >= 0.6 is 23.2 Å². The van der Waals surface area contributed by atoms with E-state index in [4.69, 9.17) is 27.9 Å². The lowest BCUT2D eigenvalue weighted by atomic mass is 10.3. The Hall–Kier alpha value is 0.0362. The molecular weight excluding hydrogens is 223 g/mol. The summed E-state index contributed by atoms with van der Waals surface area (Å²) in [5.41, 5.74) is 0. The number of rotatable bonds is 1. The molecule has 0 heterocycles. The molecule has 1 aromatic carbocycles. The molecule has 0 saturated heterocycles. The fraction of sp³-hybridized carbons (Fsp3) is 0.125. The first kappa shape index (κ1) is 13.0. The zero-order valence-electron chi connectivity index (χ0n) is 6.30. The Bertz CT molecular complexity index is 315. The number of hydrogen-bond acceptors (Lipinski definition) is 2. The van der Waals surface area contributed by atoms with Crippen LogP contribution < -0.4 is 4.74 Å². The van der Waals surface area contributed by atoms with E-state index in [-0.39, 0.29) is 23.1 Å². The standard InChI is InChI=1S/C8H6Cl2O2.Mg.2H/c1-5(11)12-8-3-2-6(9)4-7(8)10;;;/h2-4H,1H3;;;. The number of ether oxygens (including phenoxy) is 1. The lowest BCUT2D eigenvalue weighted by Gasteiger charge is -2.02. The maximum absolute atomic E-state index is 10.5. The fourth-order valence-corrected chi connectivity index (χ4v) is 1.16. The Morgan fingerprint density at radius 1 is 1.38 bits per heavy atom. The Balaban J connectivity index is 0.00000144. The highest BCUT2D eigenvalue weighted by atomic mass is 35.5. The van der Waals surface area contributed by atoms with Crippen molar-refractivity contribution in [2.75, 3.05) is 0 Å². The van der Waals surface area contributed by atoms with E-state index in [9.17, 15) is 4.79 Å². The zero-order valence-corrected chi connectivity index (χ0v) is 7.82. The molecule has 2 nitrogen and oxygen atoms in total. The summed E-state index contributed by atoms with van der Waals surface area (Å²) in [5, 5.41) is 0.841. The van der Waals surface area contributed by atoms with E-state index in [1.54, 1.807) is 12.1 Å². The van der Waals surface area contributed by atoms with Crippen molar-refractivity contribution in [3.8, 4) is 5.75 Å². The van der Waals surface area contributed by atoms with Gasteiger partial charge < -0.3 is 4.74 Å². The lowest BCUT2D eigenvalue weighted by molar-refractivity contribution is -0.131. The van der Waals surface area contributed by atoms with E-state index >= 15 is 0 Å². The van der Waals surface area contributed by atoms with Gasteiger partial charge in [0.15, 0.2) is 0 Å². The molecule has 0 amide bonds. The molecular formula is C8H8Cl2MgO2. The van der Waals surface area contributed by atoms with Crippen LogP contribution in [0.3, 0.4) is 0 Å². The Morgan fingerprint density at radius 3 is 2.46 bits per heavy atom. The van der Waals surface area contributed by atoms with Crippen LogP contribution in [0.2, 0.25) is 10.0 Å². The molecule has 0 atom stereocenters. The van der Waals surface area contributed by atoms with E-state index in [2.05, 4.69) is 0 Å². The molecule has 0 aromatic heterocycles. The number of carbonyl (C=O) groups is 1. The lowest BCUT2D eigenvalue weighted by Crippen LogP contribution is -2.01. The molecule has 5 heteroatoms. The third-order valence-electron chi connectivity index (χ3n) is 1.15. The van der Waals surface area contributed by atoms with Crippen LogP contribution in [0, 0.1) is 0 Å². The molecule has 0 unspecified atom stereocenters. The van der Waals surface area contributed by atoms with Crippen LogP contribution in [-0.4, -0.2) is 29.0 Å². The van der Waals surface area contributed by atoms with Crippen molar-refractivity contribution in [2.45, 2.75) is 6.92 Å². The van der Waals surface area contributed by atoms with Crippen molar-refractivity contribution in [2.24, 2.45) is 0 Å². The van der Waals surface area contributed by atoms with E-state index in [0.29, 0.717) is 15.8 Å². The minimum absolute atomic E-state index is 0. The third kappa shape index (κ3) is 4.18. The number of benzene rings is 1. The summed E-state index contributed by atoms with van der Waals surface area (Å²) >= 11 is 11.3. The second-order valence-electron chi connectivity index (χ2n) is 2.17. The number of carbonyl (C=O) groups excluding carboxylic acids is 1. The summed E-state index contributed by atoms with van der Waals surface area (Å²) in [5.74, 6) is -0.0761. The number of halogens is 2. The summed E-state index contributed by atoms with van der Waals surface area (Å²) in [6.07, 6.45) is 0. The summed E-state index contributed by atoms with van der Waals surface area (Å²) < 4.78 is 4.77. The smallest absolute Gasteiger partial charge is 0.316 e. The van der Waals surface area contributed by atoms with E-state index in [1.807, 2.05) is 0 Å². The molecule has 0 N–H and O–H groups in total. The molecule has 0 saturated carbocycles. The predicted molar refractivity (Wildman–Crippen MR) is 56.3 cm³/mol. The largest absolute Gasteiger partial charge is 0.425 e. The summed E-state index contributed by atoms with van der Waals surface area (Å²) in [6.45, 7) is 1.31. The van der Waals surface area contributed by atoms with Crippen LogP contribution in [-0.2, 0) is 4.79 Å². The topological polar surface area (TPSA) is 26.3 Å². The molecule has 0 bridgehead atoms. The highest BCUT2D eigenvalue weighted by molar-refractivity contribution is 6.35. The van der Waals surface area contributed by atoms with Gasteiger partial charge in [-0.15, -0.1) is 0 Å². The highest BCUT2D eigenvalue weighted by Gasteiger charge is 2.03. The van der Waals surface area contributed by atoms with Crippen molar-refractivity contribution < 1.29 is 9.53 Å². The minimum atomic E-state index is -0.403. The van der Waals surface area contributed by atoms with Crippen molar-refractivity contribution in [1.29, 1.82) is 0 Å². The van der Waals surface area contributed by atoms with Gasteiger partial charge in [0.2, 0.25) is 0 Å². The Kier molecular flexibility index (Phi) is 5.72. The average Bonchev–Trinajstić information content (AvgIpc) is 1.94. The first-order valence-electron chi connectivity index (χ1n) is 3.23. The van der Waals surface area contributed by atoms with E-state index in [0.717, 1.165) is 0 Å². The van der Waals surface area contributed by atoms with Gasteiger partial charge >= 0.3 is 29.0 Å². The van der Waals surface area contributed by atoms with Crippen LogP contribution in [0.25, 0.3) is 0 Å². The predicted octanol–water partition coefficient (Wildman–Crippen LogP) is 2.00. The number of hydrogen-bond donors (Lipinski definition) is 0. The van der Waals surface area contributed by atoms with Crippen LogP contribution in [0.1, 0.15) is 6.92 Å². The van der Waals surface area contributed by atoms with Crippen LogP contribution in [0.15, 0.2) is 18.2 Å². The Morgan fingerprint density at radius 2 is 2.00 bits per heavy atom. The molecule has 68 valence electrons. The molecule has 0 radical (unpaired) electrons. The average molecular weight is 231 g/mol. The maximum Gasteiger partial charge on any atom is 0.316 e. The third-order valence-corrected chi connectivity index (χ3v) is 1.68. The zero-order chi connectivity index (χ0) is 9.14. The second-order valence-corrected chi connectivity index (χ2v) is 3.01. The molecule has 0 aliphatic rings. The molecule has 13 heavy (non-hydrogen) atoms. The fourth-order valence-electron chi connectivity index (χ4n) is 0.713. The normalized spacial score (nSPS) is 8.85. The van der Waals surface area contributed by atoms with Gasteiger partial charge in [-0.2, -0.15) is 0 Å². The van der Waals surface area contributed by atoms with Crippen molar-refractivity contribution in [3.63, 3.8) is 0 Å². The molecule has 0 spiro atoms. The van der Waals surface area contributed by atoms with Gasteiger partial charge in [0, 0.05) is 11.9 Å². The highest BCUT2D eigenvalue weighted by Crippen LogP contribution is 2.27. The minimum Gasteiger partial charge on any atom is -0.425 e. The molecule has 0 aliphatic heterocycles. The van der Waals surface area contributed by atoms with Gasteiger partial charge in [-0.1, -0.05) is 23.2 Å². The molecule has 0 fully saturated rings. The SMILES string of the molecule is CC(=O)Oc1ccc(Cl)cc1Cl.[MgH2]. The quantitative estimate of drug-likeness (QED) is 0.420. The van der Waals surface area contributed by atoms with E-state index < -0.39 is 5.97 Å². The molecule has 1 aromatic rings. The summed E-state index contributed by atoms with van der Waals surface area (Å²) in [7, 11) is 0. The van der Waals surface area contributed by atoms with Gasteiger partial charge in [-0.25, -0.2) is 0 Å². The second kappa shape index (κ2) is 5.70. The Labute approximate surface area is 102 Å². The maximum atomic E-state index is 10.5.